The van der Waals surface area contributed by atoms with Crippen LogP contribution in [0.4, 0.5) is 0 Å². The first-order chi connectivity index (χ1) is 14.2. The van der Waals surface area contributed by atoms with Gasteiger partial charge in [-0.1, -0.05) is 26.0 Å². The molecule has 7 nitrogen and oxygen atoms in total. The molecule has 0 saturated carbocycles. The van der Waals surface area contributed by atoms with Gasteiger partial charge in [-0.25, -0.2) is 0 Å². The predicted octanol–water partition coefficient (Wildman–Crippen LogP) is 4.52. The number of aromatic nitrogens is 3. The Kier molecular flexibility index (Phi) is 7.48. The van der Waals surface area contributed by atoms with E-state index in [4.69, 9.17) is 26.1 Å². The van der Waals surface area contributed by atoms with Crippen molar-refractivity contribution >= 4 is 12.2 Å². The summed E-state index contributed by atoms with van der Waals surface area (Å²) in [5.74, 6) is 3.44. The van der Waals surface area contributed by atoms with Crippen LogP contribution in [0.2, 0.25) is 0 Å². The molecule has 0 bridgehead atoms. The molecule has 2 heterocycles. The molecule has 0 saturated heterocycles. The lowest BCUT2D eigenvalue weighted by Crippen LogP contribution is -2.24. The molecule has 3 aromatic rings. The van der Waals surface area contributed by atoms with Gasteiger partial charge in [-0.2, -0.15) is 5.10 Å². The van der Waals surface area contributed by atoms with Crippen molar-refractivity contribution in [2.75, 3.05) is 26.7 Å². The van der Waals surface area contributed by atoms with E-state index in [0.717, 1.165) is 32.6 Å². The van der Waals surface area contributed by atoms with Crippen LogP contribution in [-0.2, 0) is 13.2 Å². The Hall–Kier alpha value is -2.58. The predicted molar refractivity (Wildman–Crippen MR) is 115 cm³/mol. The third-order valence-corrected chi connectivity index (χ3v) is 5.14. The van der Waals surface area contributed by atoms with E-state index in [1.54, 1.807) is 7.11 Å². The average Bonchev–Trinajstić information content (AvgIpc) is 3.36. The number of furan rings is 1. The van der Waals surface area contributed by atoms with Gasteiger partial charge in [-0.15, -0.1) is 0 Å². The minimum Gasteiger partial charge on any atom is -0.493 e. The molecule has 0 aliphatic rings. The minimum absolute atomic E-state index is 0.299. The minimum atomic E-state index is 0.299. The SMILES string of the molecule is CCN(CC)CCCn1c(-c2ccc(COc3ccccc3OC)o2)n[nH]c1=S. The molecular weight excluding hydrogens is 388 g/mol. The summed E-state index contributed by atoms with van der Waals surface area (Å²) in [7, 11) is 1.62. The second kappa shape index (κ2) is 10.3. The quantitative estimate of drug-likeness (QED) is 0.464. The van der Waals surface area contributed by atoms with Crippen molar-refractivity contribution < 1.29 is 13.9 Å². The highest BCUT2D eigenvalue weighted by Crippen LogP contribution is 2.27. The smallest absolute Gasteiger partial charge is 0.198 e. The zero-order chi connectivity index (χ0) is 20.6. The zero-order valence-corrected chi connectivity index (χ0v) is 18.0. The van der Waals surface area contributed by atoms with E-state index in [2.05, 4.69) is 28.9 Å². The van der Waals surface area contributed by atoms with E-state index in [9.17, 15) is 0 Å². The Morgan fingerprint density at radius 2 is 1.90 bits per heavy atom. The van der Waals surface area contributed by atoms with Gasteiger partial charge in [0.15, 0.2) is 27.9 Å². The summed E-state index contributed by atoms with van der Waals surface area (Å²) in [4.78, 5) is 2.39. The Bertz CT molecular complexity index is 959. The van der Waals surface area contributed by atoms with Gasteiger partial charge in [0.05, 0.1) is 7.11 Å². The van der Waals surface area contributed by atoms with Crippen LogP contribution in [0.1, 0.15) is 26.0 Å². The van der Waals surface area contributed by atoms with Gasteiger partial charge in [0, 0.05) is 6.54 Å². The molecular formula is C21H28N4O3S. The van der Waals surface area contributed by atoms with Gasteiger partial charge in [-0.05, 0) is 62.5 Å². The summed E-state index contributed by atoms with van der Waals surface area (Å²) in [5, 5.41) is 7.24. The molecule has 29 heavy (non-hydrogen) atoms. The fourth-order valence-electron chi connectivity index (χ4n) is 3.17. The summed E-state index contributed by atoms with van der Waals surface area (Å²) in [6, 6.07) is 11.3. The molecule has 0 aliphatic carbocycles. The first-order valence-electron chi connectivity index (χ1n) is 9.88. The summed E-state index contributed by atoms with van der Waals surface area (Å²) in [6.07, 6.45) is 0.993. The van der Waals surface area contributed by atoms with Gasteiger partial charge in [0.2, 0.25) is 0 Å². The number of H-pyrrole nitrogens is 1. The van der Waals surface area contributed by atoms with E-state index in [1.807, 2.05) is 41.0 Å². The topological polar surface area (TPSA) is 68.4 Å². The van der Waals surface area contributed by atoms with Gasteiger partial charge in [-0.3, -0.25) is 9.67 Å². The van der Waals surface area contributed by atoms with Crippen LogP contribution >= 0.6 is 12.2 Å². The van der Waals surface area contributed by atoms with Crippen molar-refractivity contribution in [3.63, 3.8) is 0 Å². The molecule has 1 aromatic carbocycles. The Balaban J connectivity index is 1.66. The highest BCUT2D eigenvalue weighted by Gasteiger charge is 2.14. The van der Waals surface area contributed by atoms with E-state index < -0.39 is 0 Å². The highest BCUT2D eigenvalue weighted by atomic mass is 32.1. The number of aromatic amines is 1. The Morgan fingerprint density at radius 3 is 2.62 bits per heavy atom. The van der Waals surface area contributed by atoms with E-state index >= 15 is 0 Å². The molecule has 0 radical (unpaired) electrons. The van der Waals surface area contributed by atoms with E-state index in [0.29, 0.717) is 40.2 Å². The van der Waals surface area contributed by atoms with Crippen LogP contribution in [0.15, 0.2) is 40.8 Å². The van der Waals surface area contributed by atoms with Crippen molar-refractivity contribution in [1.82, 2.24) is 19.7 Å². The van der Waals surface area contributed by atoms with E-state index in [-0.39, 0.29) is 0 Å². The number of hydrogen-bond donors (Lipinski definition) is 1. The lowest BCUT2D eigenvalue weighted by molar-refractivity contribution is 0.257. The number of rotatable bonds is 11. The monoisotopic (exact) mass is 416 g/mol. The van der Waals surface area contributed by atoms with Crippen molar-refractivity contribution in [2.24, 2.45) is 0 Å². The zero-order valence-electron chi connectivity index (χ0n) is 17.2. The van der Waals surface area contributed by atoms with Crippen molar-refractivity contribution in [3.05, 3.63) is 46.9 Å². The van der Waals surface area contributed by atoms with Crippen molar-refractivity contribution in [3.8, 4) is 23.1 Å². The summed E-state index contributed by atoms with van der Waals surface area (Å²) < 4.78 is 19.7. The number of ether oxygens (including phenoxy) is 2. The van der Waals surface area contributed by atoms with Crippen LogP contribution in [0.3, 0.4) is 0 Å². The molecule has 3 rings (SSSR count). The fraction of sp³-hybridized carbons (Fsp3) is 0.429. The first-order valence-corrected chi connectivity index (χ1v) is 10.3. The lowest BCUT2D eigenvalue weighted by atomic mass is 10.3. The fourth-order valence-corrected chi connectivity index (χ4v) is 3.39. The van der Waals surface area contributed by atoms with Crippen molar-refractivity contribution in [2.45, 2.75) is 33.4 Å². The van der Waals surface area contributed by atoms with Gasteiger partial charge >= 0.3 is 0 Å². The van der Waals surface area contributed by atoms with Crippen LogP contribution in [0, 0.1) is 4.77 Å². The number of benzene rings is 1. The van der Waals surface area contributed by atoms with Gasteiger partial charge in [0.25, 0.3) is 0 Å². The maximum atomic E-state index is 5.96. The normalized spacial score (nSPS) is 11.2. The first kappa shape index (κ1) is 21.1. The Morgan fingerprint density at radius 1 is 1.14 bits per heavy atom. The summed E-state index contributed by atoms with van der Waals surface area (Å²) in [6.45, 7) is 8.56. The molecule has 0 unspecified atom stereocenters. The number of hydrogen-bond acceptors (Lipinski definition) is 6. The van der Waals surface area contributed by atoms with Crippen molar-refractivity contribution in [1.29, 1.82) is 0 Å². The number of para-hydroxylation sites is 2. The third-order valence-electron chi connectivity index (χ3n) is 4.83. The Labute approximate surface area is 176 Å². The summed E-state index contributed by atoms with van der Waals surface area (Å²) in [5.41, 5.74) is 0. The number of methoxy groups -OCH3 is 1. The van der Waals surface area contributed by atoms with Gasteiger partial charge < -0.3 is 18.8 Å². The average molecular weight is 417 g/mol. The number of nitrogens with zero attached hydrogens (tertiary/aromatic N) is 3. The second-order valence-corrected chi connectivity index (χ2v) is 6.98. The van der Waals surface area contributed by atoms with Crippen LogP contribution in [-0.4, -0.2) is 46.4 Å². The highest BCUT2D eigenvalue weighted by molar-refractivity contribution is 7.71. The molecule has 156 valence electrons. The molecule has 0 aliphatic heterocycles. The molecule has 8 heteroatoms. The van der Waals surface area contributed by atoms with E-state index in [1.165, 1.54) is 0 Å². The molecule has 1 N–H and O–H groups in total. The molecule has 0 fully saturated rings. The lowest BCUT2D eigenvalue weighted by Gasteiger charge is -2.17. The maximum Gasteiger partial charge on any atom is 0.198 e. The molecule has 0 atom stereocenters. The largest absolute Gasteiger partial charge is 0.493 e. The maximum absolute atomic E-state index is 5.96. The standard InChI is InChI=1S/C21H28N4O3S/c1-4-24(5-2)13-8-14-25-20(22-23-21(25)29)19-12-11-16(28-19)15-27-18-10-7-6-9-17(18)26-3/h6-7,9-12H,4-5,8,13-15H2,1-3H3,(H,23,29). The van der Waals surface area contributed by atoms with Crippen LogP contribution in [0.5, 0.6) is 11.5 Å². The third kappa shape index (κ3) is 5.27. The molecule has 0 spiro atoms. The summed E-state index contributed by atoms with van der Waals surface area (Å²) >= 11 is 5.41. The molecule has 2 aromatic heterocycles. The number of nitrogens with one attached hydrogen (secondary N) is 1. The van der Waals surface area contributed by atoms with Crippen LogP contribution in [0.25, 0.3) is 11.6 Å². The van der Waals surface area contributed by atoms with Crippen LogP contribution < -0.4 is 9.47 Å². The van der Waals surface area contributed by atoms with Gasteiger partial charge in [0.1, 0.15) is 12.4 Å². The second-order valence-electron chi connectivity index (χ2n) is 6.59. The molecule has 0 amide bonds.